The SMILES string of the molecule is CC(C)NCC1CC12CCCSC2. The van der Waals surface area contributed by atoms with E-state index in [1.807, 2.05) is 0 Å². The van der Waals surface area contributed by atoms with E-state index in [-0.39, 0.29) is 0 Å². The minimum atomic E-state index is 0.661. The molecule has 76 valence electrons. The second-order valence-electron chi connectivity index (χ2n) is 4.98. The van der Waals surface area contributed by atoms with Gasteiger partial charge < -0.3 is 5.32 Å². The van der Waals surface area contributed by atoms with Crippen LogP contribution >= 0.6 is 11.8 Å². The van der Waals surface area contributed by atoms with Crippen molar-refractivity contribution in [3.8, 4) is 0 Å². The smallest absolute Gasteiger partial charge is 0.00104 e. The molecule has 1 saturated heterocycles. The number of thioether (sulfide) groups is 1. The fourth-order valence-corrected chi connectivity index (χ4v) is 3.85. The molecule has 0 bridgehead atoms. The predicted octanol–water partition coefficient (Wildman–Crippen LogP) is 2.52. The zero-order chi connectivity index (χ0) is 9.31. The molecule has 1 spiro atoms. The second-order valence-corrected chi connectivity index (χ2v) is 6.09. The largest absolute Gasteiger partial charge is 0.314 e. The molecule has 1 aliphatic carbocycles. The van der Waals surface area contributed by atoms with E-state index in [1.165, 1.54) is 37.3 Å². The lowest BCUT2D eigenvalue weighted by molar-refractivity contribution is 0.430. The van der Waals surface area contributed by atoms with E-state index in [4.69, 9.17) is 0 Å². The Hall–Kier alpha value is 0.310. The maximum absolute atomic E-state index is 3.57. The number of nitrogens with one attached hydrogen (secondary N) is 1. The Kier molecular flexibility index (Phi) is 2.89. The zero-order valence-corrected chi connectivity index (χ0v) is 9.62. The second kappa shape index (κ2) is 3.82. The van der Waals surface area contributed by atoms with Gasteiger partial charge >= 0.3 is 0 Å². The van der Waals surface area contributed by atoms with Gasteiger partial charge in [0.05, 0.1) is 0 Å². The van der Waals surface area contributed by atoms with Gasteiger partial charge in [-0.05, 0) is 48.6 Å². The standard InChI is InChI=1S/C11H21NS/c1-9(2)12-7-10-6-11(10)4-3-5-13-8-11/h9-10,12H,3-8H2,1-2H3. The van der Waals surface area contributed by atoms with Gasteiger partial charge in [0, 0.05) is 6.04 Å². The Morgan fingerprint density at radius 2 is 2.38 bits per heavy atom. The predicted molar refractivity (Wildman–Crippen MR) is 60.2 cm³/mol. The molecular formula is C11H21NS. The van der Waals surface area contributed by atoms with E-state index >= 15 is 0 Å². The molecule has 1 saturated carbocycles. The molecule has 13 heavy (non-hydrogen) atoms. The molecule has 0 radical (unpaired) electrons. The lowest BCUT2D eigenvalue weighted by Gasteiger charge is -2.22. The highest BCUT2D eigenvalue weighted by atomic mass is 32.2. The third-order valence-electron chi connectivity index (χ3n) is 3.48. The monoisotopic (exact) mass is 199 g/mol. The number of rotatable bonds is 3. The molecule has 0 aromatic rings. The average Bonchev–Trinajstić information content (AvgIpc) is 2.77. The lowest BCUT2D eigenvalue weighted by atomic mass is 9.99. The molecule has 2 atom stereocenters. The maximum atomic E-state index is 3.57. The van der Waals surface area contributed by atoms with Gasteiger partial charge in [0.25, 0.3) is 0 Å². The van der Waals surface area contributed by atoms with Gasteiger partial charge in [0.15, 0.2) is 0 Å². The van der Waals surface area contributed by atoms with Crippen molar-refractivity contribution < 1.29 is 0 Å². The van der Waals surface area contributed by atoms with Crippen LogP contribution in [0, 0.1) is 11.3 Å². The van der Waals surface area contributed by atoms with Crippen molar-refractivity contribution >= 4 is 11.8 Å². The van der Waals surface area contributed by atoms with Crippen LogP contribution in [0.2, 0.25) is 0 Å². The van der Waals surface area contributed by atoms with E-state index in [1.54, 1.807) is 0 Å². The van der Waals surface area contributed by atoms with Crippen LogP contribution in [-0.2, 0) is 0 Å². The van der Waals surface area contributed by atoms with Crippen LogP contribution in [0.4, 0.5) is 0 Å². The summed E-state index contributed by atoms with van der Waals surface area (Å²) >= 11 is 2.17. The van der Waals surface area contributed by atoms with Gasteiger partial charge in [-0.15, -0.1) is 0 Å². The van der Waals surface area contributed by atoms with Crippen LogP contribution in [0.15, 0.2) is 0 Å². The topological polar surface area (TPSA) is 12.0 Å². The molecule has 1 nitrogen and oxygen atoms in total. The molecule has 1 N–H and O–H groups in total. The summed E-state index contributed by atoms with van der Waals surface area (Å²) in [6.07, 6.45) is 4.47. The van der Waals surface area contributed by atoms with Gasteiger partial charge in [-0.2, -0.15) is 11.8 Å². The van der Waals surface area contributed by atoms with E-state index in [2.05, 4.69) is 30.9 Å². The molecule has 1 aliphatic heterocycles. The Morgan fingerprint density at radius 1 is 1.54 bits per heavy atom. The first-order valence-corrected chi connectivity index (χ1v) is 6.69. The number of hydrogen-bond acceptors (Lipinski definition) is 2. The molecule has 2 rings (SSSR count). The Balaban J connectivity index is 1.73. The van der Waals surface area contributed by atoms with Crippen molar-refractivity contribution in [3.05, 3.63) is 0 Å². The summed E-state index contributed by atoms with van der Waals surface area (Å²) in [6, 6.07) is 0.661. The summed E-state index contributed by atoms with van der Waals surface area (Å²) in [6.45, 7) is 5.74. The summed E-state index contributed by atoms with van der Waals surface area (Å²) in [5.41, 5.74) is 0.783. The van der Waals surface area contributed by atoms with Crippen molar-refractivity contribution in [1.29, 1.82) is 0 Å². The van der Waals surface area contributed by atoms with Crippen LogP contribution in [0.3, 0.4) is 0 Å². The molecule has 0 aromatic carbocycles. The van der Waals surface area contributed by atoms with Crippen molar-refractivity contribution in [2.45, 2.75) is 39.2 Å². The van der Waals surface area contributed by atoms with Gasteiger partial charge in [-0.1, -0.05) is 13.8 Å². The molecule has 0 amide bonds. The molecular weight excluding hydrogens is 178 g/mol. The van der Waals surface area contributed by atoms with Crippen molar-refractivity contribution in [2.75, 3.05) is 18.1 Å². The van der Waals surface area contributed by atoms with Crippen molar-refractivity contribution in [2.24, 2.45) is 11.3 Å². The Labute approximate surface area is 86.0 Å². The van der Waals surface area contributed by atoms with Crippen molar-refractivity contribution in [1.82, 2.24) is 5.32 Å². The van der Waals surface area contributed by atoms with Crippen LogP contribution < -0.4 is 5.32 Å². The van der Waals surface area contributed by atoms with E-state index in [0.717, 1.165) is 11.3 Å². The highest BCUT2D eigenvalue weighted by Gasteiger charge is 2.53. The molecule has 1 heterocycles. The summed E-state index contributed by atoms with van der Waals surface area (Å²) in [5.74, 6) is 3.85. The van der Waals surface area contributed by atoms with Crippen LogP contribution in [0.25, 0.3) is 0 Å². The molecule has 2 fully saturated rings. The first-order valence-electron chi connectivity index (χ1n) is 5.54. The lowest BCUT2D eigenvalue weighted by Crippen LogP contribution is -2.27. The molecule has 2 aliphatic rings. The van der Waals surface area contributed by atoms with Crippen LogP contribution in [0.5, 0.6) is 0 Å². The highest BCUT2D eigenvalue weighted by molar-refractivity contribution is 7.99. The Morgan fingerprint density at radius 3 is 3.00 bits per heavy atom. The average molecular weight is 199 g/mol. The summed E-state index contributed by atoms with van der Waals surface area (Å²) in [7, 11) is 0. The number of hydrogen-bond donors (Lipinski definition) is 1. The van der Waals surface area contributed by atoms with Gasteiger partial charge in [0.2, 0.25) is 0 Å². The highest BCUT2D eigenvalue weighted by Crippen LogP contribution is 2.59. The van der Waals surface area contributed by atoms with E-state index in [0.29, 0.717) is 6.04 Å². The first-order chi connectivity index (χ1) is 6.23. The third-order valence-corrected chi connectivity index (χ3v) is 4.84. The molecule has 0 aromatic heterocycles. The molecule has 2 heteroatoms. The fourth-order valence-electron chi connectivity index (χ4n) is 2.46. The summed E-state index contributed by atoms with van der Waals surface area (Å²) in [4.78, 5) is 0. The van der Waals surface area contributed by atoms with E-state index < -0.39 is 0 Å². The summed E-state index contributed by atoms with van der Waals surface area (Å²) < 4.78 is 0. The summed E-state index contributed by atoms with van der Waals surface area (Å²) in [5, 5.41) is 3.57. The van der Waals surface area contributed by atoms with Gasteiger partial charge in [-0.3, -0.25) is 0 Å². The minimum absolute atomic E-state index is 0.661. The van der Waals surface area contributed by atoms with Crippen LogP contribution in [-0.4, -0.2) is 24.1 Å². The van der Waals surface area contributed by atoms with Gasteiger partial charge in [-0.25, -0.2) is 0 Å². The van der Waals surface area contributed by atoms with E-state index in [9.17, 15) is 0 Å². The third kappa shape index (κ3) is 2.21. The normalized spacial score (nSPS) is 38.5. The minimum Gasteiger partial charge on any atom is -0.314 e. The molecule has 2 unspecified atom stereocenters. The fraction of sp³-hybridized carbons (Fsp3) is 1.00. The quantitative estimate of drug-likeness (QED) is 0.749. The maximum Gasteiger partial charge on any atom is 0.00104 e. The first kappa shape index (κ1) is 9.85. The van der Waals surface area contributed by atoms with Crippen LogP contribution in [0.1, 0.15) is 33.1 Å². The van der Waals surface area contributed by atoms with Crippen molar-refractivity contribution in [3.63, 3.8) is 0 Å². The zero-order valence-electron chi connectivity index (χ0n) is 8.81. The van der Waals surface area contributed by atoms with Gasteiger partial charge in [0.1, 0.15) is 0 Å². The Bertz CT molecular complexity index is 173.